The van der Waals surface area contributed by atoms with Crippen molar-refractivity contribution in [2.75, 3.05) is 18.1 Å². The number of benzene rings is 2. The number of aryl methyl sites for hydroxylation is 1. The first kappa shape index (κ1) is 24.8. The van der Waals surface area contributed by atoms with Crippen molar-refractivity contribution in [3.05, 3.63) is 89.6 Å². The molecule has 0 saturated carbocycles. The van der Waals surface area contributed by atoms with Gasteiger partial charge in [0.05, 0.1) is 12.3 Å². The fourth-order valence-corrected chi connectivity index (χ4v) is 4.58. The number of ether oxygens (including phenoxy) is 1. The van der Waals surface area contributed by atoms with Crippen LogP contribution in [0.3, 0.4) is 0 Å². The highest BCUT2D eigenvalue weighted by molar-refractivity contribution is 5.53. The molecule has 0 radical (unpaired) electrons. The number of nitrogens with zero attached hydrogens (tertiary/aromatic N) is 4. The van der Waals surface area contributed by atoms with Gasteiger partial charge in [0.25, 0.3) is 0 Å². The first-order valence-corrected chi connectivity index (χ1v) is 12.3. The van der Waals surface area contributed by atoms with Gasteiger partial charge < -0.3 is 14.1 Å². The molecule has 4 aromatic rings. The van der Waals surface area contributed by atoms with Crippen LogP contribution >= 0.6 is 0 Å². The topological polar surface area (TPSA) is 64.3 Å². The molecule has 5 rings (SSSR count). The van der Waals surface area contributed by atoms with E-state index >= 15 is 0 Å². The second kappa shape index (κ2) is 10.6. The molecule has 1 aliphatic rings. The molecule has 0 bridgehead atoms. The smallest absolute Gasteiger partial charge is 0.433 e. The zero-order chi connectivity index (χ0) is 25.8. The van der Waals surface area contributed by atoms with Gasteiger partial charge in [-0.2, -0.15) is 13.2 Å². The minimum Gasteiger partial charge on any atom is -0.493 e. The normalized spacial score (nSPS) is 15.8. The highest BCUT2D eigenvalue weighted by Gasteiger charge is 2.34. The average Bonchev–Trinajstić information content (AvgIpc) is 3.52. The van der Waals surface area contributed by atoms with Gasteiger partial charge in [-0.05, 0) is 62.1 Å². The average molecular weight is 509 g/mol. The summed E-state index contributed by atoms with van der Waals surface area (Å²) in [6, 6.07) is 18.5. The van der Waals surface area contributed by atoms with Gasteiger partial charge >= 0.3 is 6.18 Å². The van der Waals surface area contributed by atoms with Crippen molar-refractivity contribution in [3.8, 4) is 17.2 Å². The quantitative estimate of drug-likeness (QED) is 0.279. The minimum absolute atomic E-state index is 0.0456. The summed E-state index contributed by atoms with van der Waals surface area (Å²) in [5.74, 6) is 2.27. The zero-order valence-corrected chi connectivity index (χ0v) is 20.4. The van der Waals surface area contributed by atoms with Gasteiger partial charge in [0.2, 0.25) is 11.8 Å². The van der Waals surface area contributed by atoms with Gasteiger partial charge in [-0.3, -0.25) is 0 Å². The second-order valence-electron chi connectivity index (χ2n) is 9.06. The van der Waals surface area contributed by atoms with E-state index in [0.29, 0.717) is 31.9 Å². The van der Waals surface area contributed by atoms with Crippen molar-refractivity contribution in [1.82, 2.24) is 15.0 Å². The maximum absolute atomic E-state index is 13.1. The molecular weight excluding hydrogens is 481 g/mol. The molecule has 0 N–H and O–H groups in total. The van der Waals surface area contributed by atoms with Crippen molar-refractivity contribution in [2.24, 2.45) is 0 Å². The van der Waals surface area contributed by atoms with E-state index in [2.05, 4.69) is 15.0 Å². The predicted octanol–water partition coefficient (Wildman–Crippen LogP) is 6.29. The molecule has 0 unspecified atom stereocenters. The third-order valence-corrected chi connectivity index (χ3v) is 6.48. The summed E-state index contributed by atoms with van der Waals surface area (Å²) in [6.45, 7) is 3.01. The molecule has 37 heavy (non-hydrogen) atoms. The number of hydrogen-bond donors (Lipinski definition) is 0. The number of alkyl halides is 3. The number of aromatic nitrogens is 3. The van der Waals surface area contributed by atoms with Crippen molar-refractivity contribution in [3.63, 3.8) is 0 Å². The molecule has 0 aliphatic carbocycles. The van der Waals surface area contributed by atoms with Crippen LogP contribution < -0.4 is 9.64 Å². The molecule has 6 nitrogen and oxygen atoms in total. The SMILES string of the molecule is Cc1oc(-c2ccccc2)nc1CCOc1ccc(C[C@@H]2CCCN2c2nccc(C(F)(F)F)n2)cc1. The molecule has 192 valence electrons. The number of hydrogen-bond acceptors (Lipinski definition) is 6. The van der Waals surface area contributed by atoms with Crippen LogP contribution in [0.2, 0.25) is 0 Å². The number of oxazole rings is 1. The molecule has 1 fully saturated rings. The van der Waals surface area contributed by atoms with Gasteiger partial charge in [0.1, 0.15) is 17.2 Å². The summed E-state index contributed by atoms with van der Waals surface area (Å²) in [4.78, 5) is 14.4. The third-order valence-electron chi connectivity index (χ3n) is 6.48. The molecule has 3 heterocycles. The van der Waals surface area contributed by atoms with Crippen LogP contribution in [0.1, 0.15) is 35.6 Å². The van der Waals surface area contributed by atoms with Crippen molar-refractivity contribution >= 4 is 5.95 Å². The summed E-state index contributed by atoms with van der Waals surface area (Å²) in [5, 5.41) is 0. The van der Waals surface area contributed by atoms with Crippen LogP contribution in [0.15, 0.2) is 71.3 Å². The Morgan fingerprint density at radius 1 is 1.03 bits per heavy atom. The first-order chi connectivity index (χ1) is 17.9. The Balaban J connectivity index is 1.16. The maximum Gasteiger partial charge on any atom is 0.433 e. The Kier molecular flexibility index (Phi) is 7.12. The lowest BCUT2D eigenvalue weighted by Crippen LogP contribution is -2.33. The summed E-state index contributed by atoms with van der Waals surface area (Å²) >= 11 is 0. The largest absolute Gasteiger partial charge is 0.493 e. The van der Waals surface area contributed by atoms with Gasteiger partial charge in [-0.15, -0.1) is 0 Å². The van der Waals surface area contributed by atoms with Gasteiger partial charge in [0, 0.05) is 30.8 Å². The molecule has 0 spiro atoms. The Morgan fingerprint density at radius 2 is 1.81 bits per heavy atom. The molecule has 9 heteroatoms. The first-order valence-electron chi connectivity index (χ1n) is 12.3. The van der Waals surface area contributed by atoms with Crippen LogP contribution in [0, 0.1) is 6.92 Å². The molecule has 1 saturated heterocycles. The van der Waals surface area contributed by atoms with Crippen molar-refractivity contribution < 1.29 is 22.3 Å². The van der Waals surface area contributed by atoms with Gasteiger partial charge in [-0.1, -0.05) is 30.3 Å². The fourth-order valence-electron chi connectivity index (χ4n) is 4.58. The van der Waals surface area contributed by atoms with Crippen LogP contribution in [-0.2, 0) is 19.0 Å². The Morgan fingerprint density at radius 3 is 2.57 bits per heavy atom. The number of rotatable bonds is 8. The van der Waals surface area contributed by atoms with E-state index in [9.17, 15) is 13.2 Å². The van der Waals surface area contributed by atoms with E-state index in [1.54, 1.807) is 0 Å². The Labute approximate surface area is 213 Å². The summed E-state index contributed by atoms with van der Waals surface area (Å²) in [5.41, 5.74) is 1.97. The molecule has 2 aromatic carbocycles. The Bertz CT molecular complexity index is 1320. The van der Waals surface area contributed by atoms with E-state index in [-0.39, 0.29) is 12.0 Å². The van der Waals surface area contributed by atoms with Gasteiger partial charge in [-0.25, -0.2) is 15.0 Å². The summed E-state index contributed by atoms with van der Waals surface area (Å²) < 4.78 is 51.0. The number of anilines is 1. The monoisotopic (exact) mass is 508 g/mol. The zero-order valence-electron chi connectivity index (χ0n) is 20.4. The lowest BCUT2D eigenvalue weighted by molar-refractivity contribution is -0.141. The molecule has 0 amide bonds. The summed E-state index contributed by atoms with van der Waals surface area (Å²) in [6.07, 6.45) is -0.230. The predicted molar refractivity (Wildman–Crippen MR) is 133 cm³/mol. The van der Waals surface area contributed by atoms with Crippen molar-refractivity contribution in [1.29, 1.82) is 0 Å². The molecular formula is C28H27F3N4O2. The third kappa shape index (κ3) is 5.93. The molecule has 1 atom stereocenters. The van der Waals surface area contributed by atoms with E-state index in [1.165, 1.54) is 6.20 Å². The minimum atomic E-state index is -4.49. The number of halogens is 3. The van der Waals surface area contributed by atoms with Crippen LogP contribution in [0.5, 0.6) is 5.75 Å². The van der Waals surface area contributed by atoms with E-state index in [0.717, 1.165) is 47.2 Å². The van der Waals surface area contributed by atoms with E-state index in [4.69, 9.17) is 9.15 Å². The summed E-state index contributed by atoms with van der Waals surface area (Å²) in [7, 11) is 0. The standard InChI is InChI=1S/C28H27F3N4O2/c1-19-24(33-26(37-19)21-6-3-2-4-7-21)14-17-36-23-11-9-20(10-12-23)18-22-8-5-16-35(22)27-32-15-13-25(34-27)28(29,30)31/h2-4,6-7,9-13,15,22H,5,8,14,16-18H2,1H3/t22-/m0/s1. The maximum atomic E-state index is 13.1. The van der Waals surface area contributed by atoms with Gasteiger partial charge in [0.15, 0.2) is 0 Å². The van der Waals surface area contributed by atoms with Crippen molar-refractivity contribution in [2.45, 2.75) is 44.8 Å². The van der Waals surface area contributed by atoms with Crippen LogP contribution in [0.4, 0.5) is 19.1 Å². The lowest BCUT2D eigenvalue weighted by Gasteiger charge is -2.25. The highest BCUT2D eigenvalue weighted by Crippen LogP contribution is 2.31. The van der Waals surface area contributed by atoms with Crippen LogP contribution in [0.25, 0.3) is 11.5 Å². The molecule has 2 aromatic heterocycles. The fraction of sp³-hybridized carbons (Fsp3) is 0.321. The van der Waals surface area contributed by atoms with E-state index in [1.807, 2.05) is 66.4 Å². The molecule has 1 aliphatic heterocycles. The second-order valence-corrected chi connectivity index (χ2v) is 9.06. The lowest BCUT2D eigenvalue weighted by atomic mass is 10.0. The highest BCUT2D eigenvalue weighted by atomic mass is 19.4. The van der Waals surface area contributed by atoms with E-state index < -0.39 is 11.9 Å². The Hall–Kier alpha value is -3.88. The van der Waals surface area contributed by atoms with Crippen LogP contribution in [-0.4, -0.2) is 34.1 Å².